The Hall–Kier alpha value is -2.04. The summed E-state index contributed by atoms with van der Waals surface area (Å²) in [6.45, 7) is 5.29. The predicted molar refractivity (Wildman–Crippen MR) is 95.6 cm³/mol. The molecule has 1 fully saturated rings. The maximum Gasteiger partial charge on any atom is 0.119 e. The number of nitrogens with one attached hydrogen (secondary N) is 1. The van der Waals surface area contributed by atoms with Crippen LogP contribution in [-0.2, 0) is 17.7 Å². The van der Waals surface area contributed by atoms with Gasteiger partial charge in [-0.15, -0.1) is 0 Å². The number of morpholine rings is 1. The molecule has 4 rings (SSSR count). The number of fused-ring (bicyclic) bond motifs is 1. The van der Waals surface area contributed by atoms with Gasteiger partial charge in [0.2, 0.25) is 0 Å². The Morgan fingerprint density at radius 1 is 1.12 bits per heavy atom. The standard InChI is InChI=1S/C20H24N2O2/c1-2-7-18(8-3-1)24-15-19-14-22(11-12-23-19)13-17-6-4-5-16-9-10-21-20(16)17/h1-8,19,21H,9-15H2. The third-order valence-corrected chi connectivity index (χ3v) is 4.73. The van der Waals surface area contributed by atoms with Crippen molar-refractivity contribution in [3.63, 3.8) is 0 Å². The number of nitrogens with zero attached hydrogens (tertiary/aromatic N) is 1. The number of hydrogen-bond acceptors (Lipinski definition) is 4. The minimum absolute atomic E-state index is 0.128. The molecule has 0 amide bonds. The molecule has 2 aliphatic heterocycles. The van der Waals surface area contributed by atoms with Crippen LogP contribution in [0.4, 0.5) is 5.69 Å². The van der Waals surface area contributed by atoms with Crippen LogP contribution in [0.2, 0.25) is 0 Å². The molecule has 2 aliphatic rings. The molecule has 0 aromatic heterocycles. The lowest BCUT2D eigenvalue weighted by Crippen LogP contribution is -2.44. The number of rotatable bonds is 5. The van der Waals surface area contributed by atoms with Crippen molar-refractivity contribution in [3.05, 3.63) is 59.7 Å². The van der Waals surface area contributed by atoms with E-state index in [2.05, 4.69) is 28.4 Å². The van der Waals surface area contributed by atoms with Crippen molar-refractivity contribution in [1.82, 2.24) is 4.90 Å². The molecule has 4 nitrogen and oxygen atoms in total. The molecule has 4 heteroatoms. The molecule has 1 saturated heterocycles. The summed E-state index contributed by atoms with van der Waals surface area (Å²) >= 11 is 0. The van der Waals surface area contributed by atoms with Gasteiger partial charge in [0.1, 0.15) is 18.5 Å². The van der Waals surface area contributed by atoms with Crippen LogP contribution < -0.4 is 10.1 Å². The van der Waals surface area contributed by atoms with Crippen LogP contribution in [0.1, 0.15) is 11.1 Å². The first-order valence-corrected chi connectivity index (χ1v) is 8.75. The van der Waals surface area contributed by atoms with Gasteiger partial charge >= 0.3 is 0 Å². The summed E-state index contributed by atoms with van der Waals surface area (Å²) in [5.41, 5.74) is 4.19. The van der Waals surface area contributed by atoms with Crippen LogP contribution in [0.3, 0.4) is 0 Å². The number of benzene rings is 2. The van der Waals surface area contributed by atoms with Crippen LogP contribution in [0.5, 0.6) is 5.75 Å². The second-order valence-electron chi connectivity index (χ2n) is 6.48. The minimum Gasteiger partial charge on any atom is -0.491 e. The van der Waals surface area contributed by atoms with E-state index in [0.29, 0.717) is 6.61 Å². The van der Waals surface area contributed by atoms with Crippen molar-refractivity contribution in [2.24, 2.45) is 0 Å². The molecule has 2 heterocycles. The lowest BCUT2D eigenvalue weighted by molar-refractivity contribution is -0.0503. The van der Waals surface area contributed by atoms with E-state index < -0.39 is 0 Å². The van der Waals surface area contributed by atoms with Gasteiger partial charge in [-0.1, -0.05) is 36.4 Å². The first-order valence-electron chi connectivity index (χ1n) is 8.75. The van der Waals surface area contributed by atoms with Crippen molar-refractivity contribution in [2.75, 3.05) is 38.2 Å². The summed E-state index contributed by atoms with van der Waals surface area (Å²) in [6.07, 6.45) is 1.27. The summed E-state index contributed by atoms with van der Waals surface area (Å²) in [5, 5.41) is 3.53. The number of para-hydroxylation sites is 2. The van der Waals surface area contributed by atoms with Crippen LogP contribution in [-0.4, -0.2) is 43.9 Å². The number of ether oxygens (including phenoxy) is 2. The Bertz CT molecular complexity index is 675. The highest BCUT2D eigenvalue weighted by Gasteiger charge is 2.23. The minimum atomic E-state index is 0.128. The lowest BCUT2D eigenvalue weighted by atomic mass is 10.1. The first kappa shape index (κ1) is 15.5. The average Bonchev–Trinajstić information content (AvgIpc) is 3.11. The molecule has 24 heavy (non-hydrogen) atoms. The summed E-state index contributed by atoms with van der Waals surface area (Å²) in [6, 6.07) is 16.6. The van der Waals surface area contributed by atoms with E-state index in [1.807, 2.05) is 30.3 Å². The van der Waals surface area contributed by atoms with Gasteiger partial charge in [-0.3, -0.25) is 4.90 Å². The fraction of sp³-hybridized carbons (Fsp3) is 0.400. The first-order chi connectivity index (χ1) is 11.9. The van der Waals surface area contributed by atoms with Crippen LogP contribution in [0, 0.1) is 0 Å². The number of hydrogen-bond donors (Lipinski definition) is 1. The molecule has 126 valence electrons. The van der Waals surface area contributed by atoms with Gasteiger partial charge in [0.25, 0.3) is 0 Å². The third-order valence-electron chi connectivity index (χ3n) is 4.73. The van der Waals surface area contributed by atoms with E-state index in [1.54, 1.807) is 0 Å². The third kappa shape index (κ3) is 3.55. The molecular formula is C20H24N2O2. The fourth-order valence-corrected chi connectivity index (χ4v) is 3.51. The van der Waals surface area contributed by atoms with E-state index >= 15 is 0 Å². The Morgan fingerprint density at radius 2 is 2.04 bits per heavy atom. The normalized spacial score (nSPS) is 20.4. The second kappa shape index (κ2) is 7.24. The van der Waals surface area contributed by atoms with Crippen molar-refractivity contribution in [2.45, 2.75) is 19.1 Å². The Kier molecular flexibility index (Phi) is 4.67. The molecule has 1 N–H and O–H groups in total. The van der Waals surface area contributed by atoms with Gasteiger partial charge in [0.05, 0.1) is 6.61 Å². The van der Waals surface area contributed by atoms with E-state index in [1.165, 1.54) is 16.8 Å². The largest absolute Gasteiger partial charge is 0.491 e. The van der Waals surface area contributed by atoms with Crippen LogP contribution >= 0.6 is 0 Å². The predicted octanol–water partition coefficient (Wildman–Crippen LogP) is 2.93. The quantitative estimate of drug-likeness (QED) is 0.917. The van der Waals surface area contributed by atoms with Crippen molar-refractivity contribution in [1.29, 1.82) is 0 Å². The lowest BCUT2D eigenvalue weighted by Gasteiger charge is -2.33. The number of anilines is 1. The van der Waals surface area contributed by atoms with Gasteiger partial charge in [0, 0.05) is 31.9 Å². The van der Waals surface area contributed by atoms with Gasteiger partial charge in [0.15, 0.2) is 0 Å². The smallest absolute Gasteiger partial charge is 0.119 e. The molecule has 1 unspecified atom stereocenters. The van der Waals surface area contributed by atoms with Crippen LogP contribution in [0.25, 0.3) is 0 Å². The molecule has 0 radical (unpaired) electrons. The second-order valence-corrected chi connectivity index (χ2v) is 6.48. The summed E-state index contributed by atoms with van der Waals surface area (Å²) in [7, 11) is 0. The summed E-state index contributed by atoms with van der Waals surface area (Å²) in [5.74, 6) is 0.906. The molecule has 0 saturated carbocycles. The molecule has 0 spiro atoms. The monoisotopic (exact) mass is 324 g/mol. The molecular weight excluding hydrogens is 300 g/mol. The molecule has 2 aromatic rings. The Morgan fingerprint density at radius 3 is 2.96 bits per heavy atom. The highest BCUT2D eigenvalue weighted by atomic mass is 16.5. The Labute approximate surface area is 143 Å². The van der Waals surface area contributed by atoms with Crippen molar-refractivity contribution in [3.8, 4) is 5.75 Å². The van der Waals surface area contributed by atoms with Gasteiger partial charge in [-0.25, -0.2) is 0 Å². The van der Waals surface area contributed by atoms with E-state index in [4.69, 9.17) is 9.47 Å². The topological polar surface area (TPSA) is 33.7 Å². The SMILES string of the molecule is c1ccc(OCC2CN(Cc3cccc4c3NCC4)CCO2)cc1. The van der Waals surface area contributed by atoms with E-state index in [0.717, 1.165) is 45.0 Å². The van der Waals surface area contributed by atoms with E-state index in [-0.39, 0.29) is 6.10 Å². The summed E-state index contributed by atoms with van der Waals surface area (Å²) in [4.78, 5) is 2.47. The zero-order valence-corrected chi connectivity index (χ0v) is 13.9. The van der Waals surface area contributed by atoms with Gasteiger partial charge < -0.3 is 14.8 Å². The van der Waals surface area contributed by atoms with Crippen molar-refractivity contribution >= 4 is 5.69 Å². The Balaban J connectivity index is 1.34. The average molecular weight is 324 g/mol. The van der Waals surface area contributed by atoms with Gasteiger partial charge in [-0.2, -0.15) is 0 Å². The summed E-state index contributed by atoms with van der Waals surface area (Å²) < 4.78 is 11.7. The van der Waals surface area contributed by atoms with Crippen LogP contribution in [0.15, 0.2) is 48.5 Å². The molecule has 0 aliphatic carbocycles. The maximum atomic E-state index is 5.88. The van der Waals surface area contributed by atoms with Crippen molar-refractivity contribution < 1.29 is 9.47 Å². The molecule has 1 atom stereocenters. The highest BCUT2D eigenvalue weighted by molar-refractivity contribution is 5.61. The van der Waals surface area contributed by atoms with E-state index in [9.17, 15) is 0 Å². The molecule has 0 bridgehead atoms. The van der Waals surface area contributed by atoms with Gasteiger partial charge in [-0.05, 0) is 29.7 Å². The fourth-order valence-electron chi connectivity index (χ4n) is 3.51. The zero-order valence-electron chi connectivity index (χ0n) is 13.9. The maximum absolute atomic E-state index is 5.88. The zero-order chi connectivity index (χ0) is 16.2. The highest BCUT2D eigenvalue weighted by Crippen LogP contribution is 2.27. The molecule has 2 aromatic carbocycles.